The number of benzene rings is 2. The van der Waals surface area contributed by atoms with Crippen molar-refractivity contribution in [3.8, 4) is 0 Å². The van der Waals surface area contributed by atoms with Gasteiger partial charge in [0, 0.05) is 24.5 Å². The monoisotopic (exact) mass is 495 g/mol. The normalized spacial score (nSPS) is 11.8. The molecule has 0 aliphatic carbocycles. The molecule has 0 spiro atoms. The molecule has 0 bridgehead atoms. The van der Waals surface area contributed by atoms with Gasteiger partial charge in [-0.1, -0.05) is 25.1 Å². The number of hydrogen-bond donors (Lipinski definition) is 5. The average molecular weight is 496 g/mol. The Labute approximate surface area is 190 Å². The quantitative estimate of drug-likeness (QED) is 0.283. The van der Waals surface area contributed by atoms with Gasteiger partial charge in [0.2, 0.25) is 16.0 Å². The molecule has 0 atom stereocenters. The average Bonchev–Trinajstić information content (AvgIpc) is 2.75. The Morgan fingerprint density at radius 1 is 0.970 bits per heavy atom. The van der Waals surface area contributed by atoms with Crippen LogP contribution in [0.2, 0.25) is 0 Å². The molecule has 11 nitrogen and oxygen atoms in total. The van der Waals surface area contributed by atoms with Crippen LogP contribution in [0.5, 0.6) is 0 Å². The number of halogens is 1. The topological polar surface area (TPSA) is 168 Å². The van der Waals surface area contributed by atoms with Gasteiger partial charge in [0.05, 0.1) is 11.1 Å². The summed E-state index contributed by atoms with van der Waals surface area (Å²) in [4.78, 5) is 7.84. The molecule has 0 fully saturated rings. The molecule has 14 heteroatoms. The first-order chi connectivity index (χ1) is 15.6. The van der Waals surface area contributed by atoms with E-state index in [0.717, 1.165) is 6.20 Å². The van der Waals surface area contributed by atoms with Gasteiger partial charge in [-0.05, 0) is 35.9 Å². The minimum absolute atomic E-state index is 0.0139. The lowest BCUT2D eigenvalue weighted by atomic mass is 10.2. The summed E-state index contributed by atoms with van der Waals surface area (Å²) in [5.41, 5.74) is 1.44. The molecule has 0 saturated heterocycles. The van der Waals surface area contributed by atoms with Crippen molar-refractivity contribution in [2.24, 2.45) is 5.14 Å². The standard InChI is InChI=1S/C19H22FN7O4S2/c1-2-23-33(30,31)24-11-13-5-3-6-14(9-13)25-18-17(20)12-22-19(27-18)26-15-7-4-8-16(10-15)32(21,28)29/h3-10,12,23-24H,2,11H2,1H3,(H2,21,28,29)(H2,22,25,26,27). The Morgan fingerprint density at radius 2 is 1.67 bits per heavy atom. The van der Waals surface area contributed by atoms with E-state index in [2.05, 4.69) is 30.0 Å². The maximum Gasteiger partial charge on any atom is 0.277 e. The third-order valence-corrected chi connectivity index (χ3v) is 6.26. The third-order valence-electron chi connectivity index (χ3n) is 4.15. The van der Waals surface area contributed by atoms with Gasteiger partial charge in [0.25, 0.3) is 10.2 Å². The van der Waals surface area contributed by atoms with E-state index in [1.807, 2.05) is 0 Å². The molecular formula is C19H22FN7O4S2. The van der Waals surface area contributed by atoms with E-state index < -0.39 is 26.0 Å². The third kappa shape index (κ3) is 7.16. The van der Waals surface area contributed by atoms with Gasteiger partial charge in [0.15, 0.2) is 11.6 Å². The maximum atomic E-state index is 14.3. The zero-order chi connectivity index (χ0) is 24.1. The number of rotatable bonds is 10. The number of nitrogens with zero attached hydrogens (tertiary/aromatic N) is 2. The summed E-state index contributed by atoms with van der Waals surface area (Å²) in [5.74, 6) is -0.849. The molecule has 3 rings (SSSR count). The van der Waals surface area contributed by atoms with Crippen LogP contribution in [0.15, 0.2) is 59.6 Å². The first-order valence-electron chi connectivity index (χ1n) is 9.58. The number of hydrogen-bond acceptors (Lipinski definition) is 8. The van der Waals surface area contributed by atoms with Crippen LogP contribution in [0.25, 0.3) is 0 Å². The molecule has 0 saturated carbocycles. The summed E-state index contributed by atoms with van der Waals surface area (Å²) in [6, 6.07) is 12.4. The lowest BCUT2D eigenvalue weighted by molar-refractivity contribution is 0.568. The van der Waals surface area contributed by atoms with Gasteiger partial charge in [-0.2, -0.15) is 18.1 Å². The van der Waals surface area contributed by atoms with E-state index >= 15 is 0 Å². The molecule has 1 heterocycles. The van der Waals surface area contributed by atoms with E-state index in [0.29, 0.717) is 16.9 Å². The highest BCUT2D eigenvalue weighted by atomic mass is 32.2. The highest BCUT2D eigenvalue weighted by Gasteiger charge is 2.12. The first-order valence-corrected chi connectivity index (χ1v) is 12.6. The van der Waals surface area contributed by atoms with Crippen LogP contribution in [-0.4, -0.2) is 33.3 Å². The summed E-state index contributed by atoms with van der Waals surface area (Å²) in [7, 11) is -7.51. The minimum atomic E-state index is -3.89. The molecule has 0 amide bonds. The van der Waals surface area contributed by atoms with Gasteiger partial charge in [-0.3, -0.25) is 0 Å². The summed E-state index contributed by atoms with van der Waals surface area (Å²) in [5, 5.41) is 10.8. The Hall–Kier alpha value is -3.17. The molecule has 6 N–H and O–H groups in total. The minimum Gasteiger partial charge on any atom is -0.338 e. The lowest BCUT2D eigenvalue weighted by Gasteiger charge is -2.11. The van der Waals surface area contributed by atoms with Crippen LogP contribution in [0.4, 0.5) is 27.5 Å². The van der Waals surface area contributed by atoms with E-state index in [9.17, 15) is 21.2 Å². The summed E-state index contributed by atoms with van der Waals surface area (Å²) in [6.07, 6.45) is 0.954. The van der Waals surface area contributed by atoms with Crippen molar-refractivity contribution in [3.63, 3.8) is 0 Å². The van der Waals surface area contributed by atoms with Gasteiger partial charge >= 0.3 is 0 Å². The molecule has 0 radical (unpaired) electrons. The second-order valence-electron chi connectivity index (χ2n) is 6.74. The van der Waals surface area contributed by atoms with Gasteiger partial charge < -0.3 is 10.6 Å². The van der Waals surface area contributed by atoms with Crippen molar-refractivity contribution in [2.75, 3.05) is 17.2 Å². The Morgan fingerprint density at radius 3 is 2.36 bits per heavy atom. The summed E-state index contributed by atoms with van der Waals surface area (Å²) >= 11 is 0. The summed E-state index contributed by atoms with van der Waals surface area (Å²) < 4.78 is 65.5. The van der Waals surface area contributed by atoms with E-state index in [1.165, 1.54) is 18.2 Å². The predicted molar refractivity (Wildman–Crippen MR) is 122 cm³/mol. The van der Waals surface area contributed by atoms with E-state index in [1.54, 1.807) is 37.3 Å². The van der Waals surface area contributed by atoms with Crippen LogP contribution in [0, 0.1) is 5.82 Å². The van der Waals surface area contributed by atoms with E-state index in [4.69, 9.17) is 5.14 Å². The van der Waals surface area contributed by atoms with Crippen LogP contribution < -0.4 is 25.2 Å². The van der Waals surface area contributed by atoms with Crippen LogP contribution in [-0.2, 0) is 26.8 Å². The van der Waals surface area contributed by atoms with Crippen molar-refractivity contribution < 1.29 is 21.2 Å². The SMILES string of the molecule is CCNS(=O)(=O)NCc1cccc(Nc2nc(Nc3cccc(S(N)(=O)=O)c3)ncc2F)c1. The highest BCUT2D eigenvalue weighted by molar-refractivity contribution is 7.89. The summed E-state index contributed by atoms with van der Waals surface area (Å²) in [6.45, 7) is 1.96. The molecule has 3 aromatic rings. The Balaban J connectivity index is 1.76. The largest absolute Gasteiger partial charge is 0.338 e. The second-order valence-corrected chi connectivity index (χ2v) is 9.88. The number of primary sulfonamides is 1. The van der Waals surface area contributed by atoms with Gasteiger partial charge in [-0.15, -0.1) is 0 Å². The zero-order valence-electron chi connectivity index (χ0n) is 17.4. The number of sulfonamides is 1. The van der Waals surface area contributed by atoms with Crippen LogP contribution in [0.3, 0.4) is 0 Å². The molecule has 0 unspecified atom stereocenters. The molecule has 2 aromatic carbocycles. The van der Waals surface area contributed by atoms with Crippen LogP contribution in [0.1, 0.15) is 12.5 Å². The number of nitrogens with one attached hydrogen (secondary N) is 4. The number of aromatic nitrogens is 2. The van der Waals surface area contributed by atoms with Crippen molar-refractivity contribution in [3.05, 3.63) is 66.1 Å². The second kappa shape index (κ2) is 10.2. The molecule has 1 aromatic heterocycles. The van der Waals surface area contributed by atoms with E-state index in [-0.39, 0.29) is 29.8 Å². The predicted octanol–water partition coefficient (Wildman–Crippen LogP) is 1.69. The van der Waals surface area contributed by atoms with Crippen molar-refractivity contribution >= 4 is 43.4 Å². The van der Waals surface area contributed by atoms with Gasteiger partial charge in [0.1, 0.15) is 0 Å². The molecule has 176 valence electrons. The maximum absolute atomic E-state index is 14.3. The molecule has 0 aliphatic heterocycles. The highest BCUT2D eigenvalue weighted by Crippen LogP contribution is 2.22. The van der Waals surface area contributed by atoms with Crippen molar-refractivity contribution in [1.82, 2.24) is 19.4 Å². The fourth-order valence-corrected chi connectivity index (χ4v) is 4.11. The Kier molecular flexibility index (Phi) is 7.55. The van der Waals surface area contributed by atoms with Gasteiger partial charge in [-0.25, -0.2) is 27.7 Å². The Bertz CT molecular complexity index is 1350. The molecular weight excluding hydrogens is 473 g/mol. The molecule has 33 heavy (non-hydrogen) atoms. The number of anilines is 4. The van der Waals surface area contributed by atoms with Crippen LogP contribution >= 0.6 is 0 Å². The van der Waals surface area contributed by atoms with Crippen molar-refractivity contribution in [2.45, 2.75) is 18.4 Å². The lowest BCUT2D eigenvalue weighted by Crippen LogP contribution is -2.35. The number of nitrogens with two attached hydrogens (primary N) is 1. The zero-order valence-corrected chi connectivity index (χ0v) is 19.0. The first kappa shape index (κ1) is 24.5. The fourth-order valence-electron chi connectivity index (χ4n) is 2.71. The fraction of sp³-hybridized carbons (Fsp3) is 0.158. The van der Waals surface area contributed by atoms with Crippen molar-refractivity contribution in [1.29, 1.82) is 0 Å². The smallest absolute Gasteiger partial charge is 0.277 e. The molecule has 0 aliphatic rings.